The summed E-state index contributed by atoms with van der Waals surface area (Å²) in [5.41, 5.74) is 7.84. The van der Waals surface area contributed by atoms with Gasteiger partial charge in [0.15, 0.2) is 0 Å². The zero-order chi connectivity index (χ0) is 15.8. The predicted molar refractivity (Wildman–Crippen MR) is 90.3 cm³/mol. The molecule has 7 heteroatoms. The van der Waals surface area contributed by atoms with Crippen LogP contribution in [0.4, 0.5) is 11.4 Å². The van der Waals surface area contributed by atoms with Crippen LogP contribution in [0.1, 0.15) is 11.1 Å². The molecule has 0 bridgehead atoms. The van der Waals surface area contributed by atoms with E-state index in [1.165, 1.54) is 0 Å². The Bertz CT molecular complexity index is 807. The van der Waals surface area contributed by atoms with Gasteiger partial charge >= 0.3 is 0 Å². The number of halogens is 2. The van der Waals surface area contributed by atoms with Crippen LogP contribution in [0.25, 0.3) is 0 Å². The highest BCUT2D eigenvalue weighted by Crippen LogP contribution is 2.30. The molecule has 2 aromatic rings. The average Bonchev–Trinajstić information content (AvgIpc) is 2.37. The first-order valence-corrected chi connectivity index (χ1v) is 8.71. The standard InChI is InChI=1S/C14H14BrClN2O2S/c1-8-3-5-12(17)9(2)14(8)21(19,20)18-13-6-4-10(16)7-11(13)15/h3-7,18H,17H2,1-2H3. The molecular weight excluding hydrogens is 376 g/mol. The number of hydrogen-bond donors (Lipinski definition) is 2. The summed E-state index contributed by atoms with van der Waals surface area (Å²) < 4.78 is 28.3. The number of rotatable bonds is 3. The van der Waals surface area contributed by atoms with E-state index in [0.29, 0.717) is 32.0 Å². The van der Waals surface area contributed by atoms with Crippen molar-refractivity contribution in [1.82, 2.24) is 0 Å². The van der Waals surface area contributed by atoms with Crippen molar-refractivity contribution >= 4 is 48.9 Å². The SMILES string of the molecule is Cc1ccc(N)c(C)c1S(=O)(=O)Nc1ccc(Cl)cc1Br. The Kier molecular flexibility index (Phi) is 4.51. The fourth-order valence-electron chi connectivity index (χ4n) is 2.02. The number of hydrogen-bond acceptors (Lipinski definition) is 3. The van der Waals surface area contributed by atoms with Crippen molar-refractivity contribution in [3.8, 4) is 0 Å². The fourth-order valence-corrected chi connectivity index (χ4v) is 4.52. The Balaban J connectivity index is 2.51. The molecule has 0 aliphatic carbocycles. The van der Waals surface area contributed by atoms with E-state index in [-0.39, 0.29) is 4.90 Å². The summed E-state index contributed by atoms with van der Waals surface area (Å²) in [7, 11) is -3.74. The maximum absolute atomic E-state index is 12.6. The van der Waals surface area contributed by atoms with E-state index in [2.05, 4.69) is 20.7 Å². The van der Waals surface area contributed by atoms with E-state index in [0.717, 1.165) is 0 Å². The Morgan fingerprint density at radius 3 is 2.48 bits per heavy atom. The summed E-state index contributed by atoms with van der Waals surface area (Å²) in [6.45, 7) is 3.42. The van der Waals surface area contributed by atoms with Gasteiger partial charge in [-0.05, 0) is 65.2 Å². The molecule has 3 N–H and O–H groups in total. The topological polar surface area (TPSA) is 72.2 Å². The van der Waals surface area contributed by atoms with Gasteiger partial charge in [0.25, 0.3) is 10.0 Å². The average molecular weight is 390 g/mol. The van der Waals surface area contributed by atoms with Crippen LogP contribution >= 0.6 is 27.5 Å². The smallest absolute Gasteiger partial charge is 0.262 e. The molecule has 0 saturated carbocycles. The minimum atomic E-state index is -3.74. The van der Waals surface area contributed by atoms with Gasteiger partial charge in [-0.1, -0.05) is 17.7 Å². The van der Waals surface area contributed by atoms with Gasteiger partial charge in [-0.25, -0.2) is 8.42 Å². The van der Waals surface area contributed by atoms with Gasteiger partial charge in [-0.3, -0.25) is 4.72 Å². The molecule has 0 fully saturated rings. The Hall–Kier alpha value is -1.24. The molecule has 112 valence electrons. The highest BCUT2D eigenvalue weighted by Gasteiger charge is 2.21. The zero-order valence-corrected chi connectivity index (χ0v) is 14.6. The molecule has 2 rings (SSSR count). The first-order chi connectivity index (χ1) is 9.72. The predicted octanol–water partition coefficient (Wildman–Crippen LogP) is 4.10. The van der Waals surface area contributed by atoms with Crippen LogP contribution < -0.4 is 10.5 Å². The first kappa shape index (κ1) is 16.1. The van der Waals surface area contributed by atoms with Crippen molar-refractivity contribution in [3.05, 3.63) is 51.0 Å². The lowest BCUT2D eigenvalue weighted by Gasteiger charge is -2.15. The number of sulfonamides is 1. The molecule has 0 heterocycles. The van der Waals surface area contributed by atoms with E-state index in [1.807, 2.05) is 0 Å². The molecular formula is C14H14BrClN2O2S. The van der Waals surface area contributed by atoms with E-state index in [1.54, 1.807) is 44.2 Å². The molecule has 0 radical (unpaired) electrons. The normalized spacial score (nSPS) is 11.4. The molecule has 0 amide bonds. The maximum atomic E-state index is 12.6. The van der Waals surface area contributed by atoms with Crippen LogP contribution in [0.5, 0.6) is 0 Å². The summed E-state index contributed by atoms with van der Waals surface area (Å²) in [6, 6.07) is 8.22. The van der Waals surface area contributed by atoms with Crippen molar-refractivity contribution in [2.24, 2.45) is 0 Å². The quantitative estimate of drug-likeness (QED) is 0.776. The summed E-state index contributed by atoms with van der Waals surface area (Å²) >= 11 is 9.14. The van der Waals surface area contributed by atoms with Crippen molar-refractivity contribution in [3.63, 3.8) is 0 Å². The van der Waals surface area contributed by atoms with Crippen LogP contribution in [0.3, 0.4) is 0 Å². The minimum absolute atomic E-state index is 0.198. The van der Waals surface area contributed by atoms with Crippen molar-refractivity contribution in [2.75, 3.05) is 10.5 Å². The monoisotopic (exact) mass is 388 g/mol. The number of nitrogens with two attached hydrogens (primary N) is 1. The van der Waals surface area contributed by atoms with Crippen LogP contribution in [0, 0.1) is 13.8 Å². The van der Waals surface area contributed by atoms with Crippen molar-refractivity contribution < 1.29 is 8.42 Å². The number of anilines is 2. The van der Waals surface area contributed by atoms with Crippen LogP contribution in [0.15, 0.2) is 39.7 Å². The number of nitrogen functional groups attached to an aromatic ring is 1. The second-order valence-electron chi connectivity index (χ2n) is 4.66. The van der Waals surface area contributed by atoms with Gasteiger partial charge < -0.3 is 5.73 Å². The summed E-state index contributed by atoms with van der Waals surface area (Å²) in [5, 5.41) is 0.515. The molecule has 2 aromatic carbocycles. The lowest BCUT2D eigenvalue weighted by atomic mass is 10.1. The van der Waals surface area contributed by atoms with E-state index < -0.39 is 10.0 Å². The molecule has 0 aliphatic rings. The lowest BCUT2D eigenvalue weighted by molar-refractivity contribution is 0.600. The van der Waals surface area contributed by atoms with Crippen molar-refractivity contribution in [2.45, 2.75) is 18.7 Å². The third-order valence-corrected chi connectivity index (χ3v) is 5.63. The molecule has 0 atom stereocenters. The van der Waals surface area contributed by atoms with Gasteiger partial charge in [0.1, 0.15) is 0 Å². The summed E-state index contributed by atoms with van der Waals surface area (Å²) in [4.78, 5) is 0.198. The van der Waals surface area contributed by atoms with Crippen molar-refractivity contribution in [1.29, 1.82) is 0 Å². The van der Waals surface area contributed by atoms with E-state index >= 15 is 0 Å². The highest BCUT2D eigenvalue weighted by molar-refractivity contribution is 9.10. The fraction of sp³-hybridized carbons (Fsp3) is 0.143. The molecule has 0 spiro atoms. The van der Waals surface area contributed by atoms with Gasteiger partial charge in [-0.15, -0.1) is 0 Å². The van der Waals surface area contributed by atoms with Crippen LogP contribution in [-0.2, 0) is 10.0 Å². The molecule has 0 saturated heterocycles. The van der Waals surface area contributed by atoms with Gasteiger partial charge in [-0.2, -0.15) is 0 Å². The Morgan fingerprint density at radius 2 is 1.86 bits per heavy atom. The Morgan fingerprint density at radius 1 is 1.19 bits per heavy atom. The second-order valence-corrected chi connectivity index (χ2v) is 7.57. The molecule has 0 aliphatic heterocycles. The van der Waals surface area contributed by atoms with E-state index in [4.69, 9.17) is 17.3 Å². The first-order valence-electron chi connectivity index (χ1n) is 6.06. The minimum Gasteiger partial charge on any atom is -0.398 e. The third kappa shape index (κ3) is 3.33. The van der Waals surface area contributed by atoms with E-state index in [9.17, 15) is 8.42 Å². The molecule has 0 aromatic heterocycles. The van der Waals surface area contributed by atoms with Gasteiger partial charge in [0.2, 0.25) is 0 Å². The molecule has 0 unspecified atom stereocenters. The Labute approximate surface area is 137 Å². The largest absolute Gasteiger partial charge is 0.398 e. The third-order valence-electron chi connectivity index (χ3n) is 3.09. The zero-order valence-electron chi connectivity index (χ0n) is 11.4. The van der Waals surface area contributed by atoms with Crippen LogP contribution in [0.2, 0.25) is 5.02 Å². The maximum Gasteiger partial charge on any atom is 0.262 e. The highest BCUT2D eigenvalue weighted by atomic mass is 79.9. The second kappa shape index (κ2) is 5.87. The number of benzene rings is 2. The summed E-state index contributed by atoms with van der Waals surface area (Å²) in [6.07, 6.45) is 0. The van der Waals surface area contributed by atoms with Gasteiger partial charge in [0.05, 0.1) is 10.6 Å². The molecule has 4 nitrogen and oxygen atoms in total. The number of aryl methyl sites for hydroxylation is 1. The summed E-state index contributed by atoms with van der Waals surface area (Å²) in [5.74, 6) is 0. The lowest BCUT2D eigenvalue weighted by Crippen LogP contribution is -2.16. The van der Waals surface area contributed by atoms with Crippen LogP contribution in [-0.4, -0.2) is 8.42 Å². The van der Waals surface area contributed by atoms with Gasteiger partial charge in [0, 0.05) is 15.2 Å². The molecule has 21 heavy (non-hydrogen) atoms. The number of nitrogens with one attached hydrogen (secondary N) is 1.